The van der Waals surface area contributed by atoms with Crippen LogP contribution in [-0.2, 0) is 0 Å². The van der Waals surface area contributed by atoms with E-state index in [2.05, 4.69) is 10.2 Å². The fraction of sp³-hybridized carbons (Fsp3) is 0.273. The first-order valence-electron chi connectivity index (χ1n) is 5.95. The zero-order valence-electron chi connectivity index (χ0n) is 10.3. The fourth-order valence-electron chi connectivity index (χ4n) is 1.93. The molecule has 1 aromatic carbocycles. The molecule has 0 unspecified atom stereocenters. The van der Waals surface area contributed by atoms with Crippen molar-refractivity contribution in [3.05, 3.63) is 38.8 Å². The molecule has 0 radical (unpaired) electrons. The van der Waals surface area contributed by atoms with Crippen molar-refractivity contribution in [2.75, 3.05) is 5.73 Å². The number of nitro benzene ring substituents is 1. The van der Waals surface area contributed by atoms with E-state index in [1.165, 1.54) is 10.6 Å². The van der Waals surface area contributed by atoms with E-state index in [0.29, 0.717) is 10.1 Å². The van der Waals surface area contributed by atoms with Crippen LogP contribution in [0.2, 0.25) is 0 Å². The Labute approximate surface area is 117 Å². The van der Waals surface area contributed by atoms with Crippen LogP contribution in [0.4, 0.5) is 11.4 Å². The summed E-state index contributed by atoms with van der Waals surface area (Å²) in [4.78, 5) is 22.6. The predicted octanol–water partition coefficient (Wildman–Crippen LogP) is 1.55. The quantitative estimate of drug-likeness (QED) is 0.501. The Balaban J connectivity index is 2.02. The second kappa shape index (κ2) is 4.67. The van der Waals surface area contributed by atoms with Gasteiger partial charge >= 0.3 is 11.4 Å². The summed E-state index contributed by atoms with van der Waals surface area (Å²) in [5.74, 6) is 0. The molecule has 1 aromatic heterocycles. The van der Waals surface area contributed by atoms with E-state index in [-0.39, 0.29) is 23.1 Å². The van der Waals surface area contributed by atoms with Crippen LogP contribution in [0, 0.1) is 10.1 Å². The number of aromatic amines is 1. The molecule has 2 aromatic rings. The SMILES string of the molecule is Nc1cccc(Sc2n[nH]c(=O)n2C2CC2)c1[N+](=O)[O-]. The second-order valence-electron chi connectivity index (χ2n) is 4.47. The highest BCUT2D eigenvalue weighted by Crippen LogP contribution is 2.41. The maximum Gasteiger partial charge on any atom is 0.344 e. The monoisotopic (exact) mass is 293 g/mol. The number of anilines is 1. The molecule has 8 nitrogen and oxygen atoms in total. The van der Waals surface area contributed by atoms with Gasteiger partial charge in [0.15, 0.2) is 5.16 Å². The third kappa shape index (κ3) is 2.16. The van der Waals surface area contributed by atoms with Crippen LogP contribution in [-0.4, -0.2) is 19.7 Å². The van der Waals surface area contributed by atoms with Gasteiger partial charge in [0.2, 0.25) is 0 Å². The summed E-state index contributed by atoms with van der Waals surface area (Å²) >= 11 is 1.07. The fourth-order valence-corrected chi connectivity index (χ4v) is 2.99. The minimum atomic E-state index is -0.524. The largest absolute Gasteiger partial charge is 0.393 e. The Hall–Kier alpha value is -2.29. The number of H-pyrrole nitrogens is 1. The molecule has 0 amide bonds. The molecular formula is C11H11N5O3S. The summed E-state index contributed by atoms with van der Waals surface area (Å²) in [5, 5.41) is 17.8. The average Bonchev–Trinajstić information content (AvgIpc) is 3.15. The van der Waals surface area contributed by atoms with E-state index >= 15 is 0 Å². The number of nitrogens with one attached hydrogen (secondary N) is 1. The molecule has 20 heavy (non-hydrogen) atoms. The van der Waals surface area contributed by atoms with Gasteiger partial charge in [-0.3, -0.25) is 14.7 Å². The first kappa shape index (κ1) is 12.7. The van der Waals surface area contributed by atoms with Crippen molar-refractivity contribution in [2.24, 2.45) is 0 Å². The molecule has 0 bridgehead atoms. The van der Waals surface area contributed by atoms with Crippen LogP contribution in [0.3, 0.4) is 0 Å². The van der Waals surface area contributed by atoms with E-state index in [1.807, 2.05) is 0 Å². The number of hydrogen-bond donors (Lipinski definition) is 2. The third-order valence-corrected chi connectivity index (χ3v) is 4.02. The summed E-state index contributed by atoms with van der Waals surface area (Å²) in [6.45, 7) is 0. The normalized spacial score (nSPS) is 14.4. The zero-order valence-corrected chi connectivity index (χ0v) is 11.1. The lowest BCUT2D eigenvalue weighted by Gasteiger charge is -2.05. The molecule has 0 aliphatic heterocycles. The Morgan fingerprint density at radius 1 is 1.50 bits per heavy atom. The van der Waals surface area contributed by atoms with E-state index in [1.54, 1.807) is 12.1 Å². The van der Waals surface area contributed by atoms with Crippen molar-refractivity contribution >= 4 is 23.1 Å². The minimum Gasteiger partial charge on any atom is -0.393 e. The van der Waals surface area contributed by atoms with Gasteiger partial charge in [-0.25, -0.2) is 9.89 Å². The second-order valence-corrected chi connectivity index (χ2v) is 5.47. The summed E-state index contributed by atoms with van der Waals surface area (Å²) in [6.07, 6.45) is 1.85. The molecule has 1 saturated carbocycles. The smallest absolute Gasteiger partial charge is 0.344 e. The van der Waals surface area contributed by atoms with E-state index in [4.69, 9.17) is 5.73 Å². The molecule has 1 aliphatic carbocycles. The first-order valence-corrected chi connectivity index (χ1v) is 6.77. The van der Waals surface area contributed by atoms with Crippen LogP contribution < -0.4 is 11.4 Å². The number of nitrogens with zero attached hydrogens (tertiary/aromatic N) is 3. The molecule has 0 atom stereocenters. The Morgan fingerprint density at radius 2 is 2.25 bits per heavy atom. The van der Waals surface area contributed by atoms with Gasteiger partial charge in [0.05, 0.1) is 9.82 Å². The van der Waals surface area contributed by atoms with Crippen molar-refractivity contribution in [2.45, 2.75) is 28.9 Å². The van der Waals surface area contributed by atoms with Gasteiger partial charge in [-0.05, 0) is 36.7 Å². The van der Waals surface area contributed by atoms with Gasteiger partial charge < -0.3 is 5.73 Å². The van der Waals surface area contributed by atoms with Crippen molar-refractivity contribution in [1.82, 2.24) is 14.8 Å². The van der Waals surface area contributed by atoms with E-state index in [9.17, 15) is 14.9 Å². The number of benzene rings is 1. The Morgan fingerprint density at radius 3 is 2.90 bits per heavy atom. The molecule has 3 N–H and O–H groups in total. The average molecular weight is 293 g/mol. The molecule has 3 rings (SSSR count). The maximum atomic E-state index is 11.7. The lowest BCUT2D eigenvalue weighted by molar-refractivity contribution is -0.386. The number of nitro groups is 1. The highest BCUT2D eigenvalue weighted by molar-refractivity contribution is 7.99. The van der Waals surface area contributed by atoms with Gasteiger partial charge in [0.25, 0.3) is 0 Å². The topological polar surface area (TPSA) is 120 Å². The van der Waals surface area contributed by atoms with Crippen LogP contribution in [0.15, 0.2) is 33.0 Å². The standard InChI is InChI=1S/C11H11N5O3S/c12-7-2-1-3-8(9(7)16(18)19)20-11-14-13-10(17)15(11)6-4-5-6/h1-3,6H,4-5,12H2,(H,13,17). The molecule has 1 fully saturated rings. The molecule has 1 heterocycles. The van der Waals surface area contributed by atoms with Gasteiger partial charge in [0, 0.05) is 6.04 Å². The highest BCUT2D eigenvalue weighted by atomic mass is 32.2. The number of hydrogen-bond acceptors (Lipinski definition) is 6. The summed E-state index contributed by atoms with van der Waals surface area (Å²) in [6, 6.07) is 4.84. The van der Waals surface area contributed by atoms with Gasteiger partial charge in [-0.1, -0.05) is 6.07 Å². The maximum absolute atomic E-state index is 11.7. The first-order chi connectivity index (χ1) is 9.58. The van der Waals surface area contributed by atoms with Crippen LogP contribution in [0.25, 0.3) is 0 Å². The van der Waals surface area contributed by atoms with Crippen LogP contribution >= 0.6 is 11.8 Å². The van der Waals surface area contributed by atoms with Gasteiger partial charge in [-0.15, -0.1) is 5.10 Å². The summed E-state index contributed by atoms with van der Waals surface area (Å²) in [7, 11) is 0. The van der Waals surface area contributed by atoms with Crippen molar-refractivity contribution in [3.8, 4) is 0 Å². The number of nitrogens with two attached hydrogens (primary N) is 1. The molecule has 104 valence electrons. The molecular weight excluding hydrogens is 282 g/mol. The Kier molecular flexibility index (Phi) is 2.97. The lowest BCUT2D eigenvalue weighted by atomic mass is 10.3. The van der Waals surface area contributed by atoms with Gasteiger partial charge in [0.1, 0.15) is 5.69 Å². The molecule has 0 saturated heterocycles. The number of para-hydroxylation sites is 1. The number of rotatable bonds is 4. The highest BCUT2D eigenvalue weighted by Gasteiger charge is 2.30. The lowest BCUT2D eigenvalue weighted by Crippen LogP contribution is -2.16. The van der Waals surface area contributed by atoms with Crippen LogP contribution in [0.1, 0.15) is 18.9 Å². The van der Waals surface area contributed by atoms with Crippen molar-refractivity contribution in [1.29, 1.82) is 0 Å². The zero-order chi connectivity index (χ0) is 14.3. The summed E-state index contributed by atoms with van der Waals surface area (Å²) < 4.78 is 1.54. The van der Waals surface area contributed by atoms with E-state index < -0.39 is 4.92 Å². The van der Waals surface area contributed by atoms with E-state index in [0.717, 1.165) is 24.6 Å². The predicted molar refractivity (Wildman–Crippen MR) is 72.8 cm³/mol. The van der Waals surface area contributed by atoms with Crippen LogP contribution in [0.5, 0.6) is 0 Å². The van der Waals surface area contributed by atoms with Crippen molar-refractivity contribution < 1.29 is 4.92 Å². The Bertz CT molecular complexity index is 734. The van der Waals surface area contributed by atoms with Crippen molar-refractivity contribution in [3.63, 3.8) is 0 Å². The number of aromatic nitrogens is 3. The minimum absolute atomic E-state index is 0.0934. The molecule has 0 spiro atoms. The third-order valence-electron chi connectivity index (χ3n) is 3.00. The summed E-state index contributed by atoms with van der Waals surface area (Å²) in [5.41, 5.74) is 5.29. The molecule has 9 heteroatoms. The van der Waals surface area contributed by atoms with Gasteiger partial charge in [-0.2, -0.15) is 0 Å². The number of nitrogen functional groups attached to an aromatic ring is 1. The molecule has 1 aliphatic rings.